The Kier molecular flexibility index (Phi) is 9.02. The van der Waals surface area contributed by atoms with Crippen LogP contribution in [0.2, 0.25) is 5.04 Å². The summed E-state index contributed by atoms with van der Waals surface area (Å²) >= 11 is 0. The van der Waals surface area contributed by atoms with E-state index < -0.39 is 13.9 Å². The maximum absolute atomic E-state index is 12.6. The van der Waals surface area contributed by atoms with Crippen molar-refractivity contribution in [3.8, 4) is 0 Å². The molecule has 1 aliphatic carbocycles. The van der Waals surface area contributed by atoms with Crippen molar-refractivity contribution in [2.24, 2.45) is 5.92 Å². The van der Waals surface area contributed by atoms with Gasteiger partial charge in [0.15, 0.2) is 0 Å². The van der Waals surface area contributed by atoms with Crippen molar-refractivity contribution in [3.63, 3.8) is 0 Å². The molecule has 3 atom stereocenters. The Bertz CT molecular complexity index is 1150. The zero-order valence-corrected chi connectivity index (χ0v) is 25.4. The van der Waals surface area contributed by atoms with Crippen LogP contribution in [0.5, 0.6) is 0 Å². The second-order valence-corrected chi connectivity index (χ2v) is 17.2. The van der Waals surface area contributed by atoms with Crippen LogP contribution >= 0.6 is 0 Å². The fourth-order valence-electron chi connectivity index (χ4n) is 6.05. The molecule has 0 radical (unpaired) electrons. The molecule has 1 saturated carbocycles. The molecule has 4 nitrogen and oxygen atoms in total. The average Bonchev–Trinajstić information content (AvgIpc) is 2.88. The summed E-state index contributed by atoms with van der Waals surface area (Å²) in [4.78, 5) is 12.6. The summed E-state index contributed by atoms with van der Waals surface area (Å²) in [6.45, 7) is 12.7. The molecule has 1 N–H and O–H groups in total. The van der Waals surface area contributed by atoms with E-state index in [0.717, 1.165) is 25.7 Å². The van der Waals surface area contributed by atoms with Crippen molar-refractivity contribution >= 4 is 24.8 Å². The fraction of sp³-hybridized carbons (Fsp3) is 0.441. The van der Waals surface area contributed by atoms with Crippen molar-refractivity contribution < 1.29 is 14.0 Å². The lowest BCUT2D eigenvalue weighted by atomic mass is 9.80. The lowest BCUT2D eigenvalue weighted by Crippen LogP contribution is -2.68. The van der Waals surface area contributed by atoms with E-state index in [4.69, 9.17) is 9.16 Å². The SMILES string of the molecule is CC(C)(C)OC(=O)N[C@@H]1CC[C@H](O[Si](c2ccccc2)(c2ccccc2)C(C)(C)C)[C@H](Cc2ccccc2)C1. The molecule has 1 aliphatic rings. The van der Waals surface area contributed by atoms with E-state index >= 15 is 0 Å². The lowest BCUT2D eigenvalue weighted by molar-refractivity contribution is 0.0391. The summed E-state index contributed by atoms with van der Waals surface area (Å²) in [6, 6.07) is 32.5. The Morgan fingerprint density at radius 2 is 1.31 bits per heavy atom. The number of carbonyl (C=O) groups is 1. The second-order valence-electron chi connectivity index (χ2n) is 12.9. The number of hydrogen-bond acceptors (Lipinski definition) is 3. The minimum Gasteiger partial charge on any atom is -0.444 e. The predicted molar refractivity (Wildman–Crippen MR) is 163 cm³/mol. The summed E-state index contributed by atoms with van der Waals surface area (Å²) in [5.74, 6) is 0.266. The molecule has 4 rings (SSSR count). The third kappa shape index (κ3) is 7.20. The molecule has 0 bridgehead atoms. The highest BCUT2D eigenvalue weighted by atomic mass is 28.4. The van der Waals surface area contributed by atoms with Gasteiger partial charge in [-0.2, -0.15) is 0 Å². The molecule has 39 heavy (non-hydrogen) atoms. The summed E-state index contributed by atoms with van der Waals surface area (Å²) in [7, 11) is -2.69. The maximum atomic E-state index is 12.6. The molecular weight excluding hydrogens is 498 g/mol. The first-order valence-electron chi connectivity index (χ1n) is 14.3. The van der Waals surface area contributed by atoms with Gasteiger partial charge in [-0.05, 0) is 73.3 Å². The molecule has 0 heterocycles. The standard InChI is InChI=1S/C34H45NO3Si/c1-33(2,3)37-32(36)35-28-22-23-31(27(25-28)24-26-16-10-7-11-17-26)38-39(34(4,5)6,29-18-12-8-13-19-29)30-20-14-9-15-21-30/h7-21,27-28,31H,22-25H2,1-6H3,(H,35,36)/t27-,28-,31+/m1/s1. The van der Waals surface area contributed by atoms with Gasteiger partial charge in [0.25, 0.3) is 8.32 Å². The zero-order valence-electron chi connectivity index (χ0n) is 24.4. The molecular formula is C34H45NO3Si. The largest absolute Gasteiger partial charge is 0.444 e. The molecule has 0 spiro atoms. The number of ether oxygens (including phenoxy) is 1. The monoisotopic (exact) mass is 543 g/mol. The Hall–Kier alpha value is -2.89. The topological polar surface area (TPSA) is 47.6 Å². The van der Waals surface area contributed by atoms with Crippen LogP contribution in [-0.2, 0) is 15.6 Å². The number of hydrogen-bond donors (Lipinski definition) is 1. The van der Waals surface area contributed by atoms with Gasteiger partial charge in [-0.1, -0.05) is 112 Å². The highest BCUT2D eigenvalue weighted by Crippen LogP contribution is 2.41. The minimum atomic E-state index is -2.69. The Balaban J connectivity index is 1.69. The lowest BCUT2D eigenvalue weighted by Gasteiger charge is -2.48. The van der Waals surface area contributed by atoms with Crippen molar-refractivity contribution in [2.75, 3.05) is 0 Å². The molecule has 1 amide bonds. The van der Waals surface area contributed by atoms with Gasteiger partial charge in [0.2, 0.25) is 0 Å². The van der Waals surface area contributed by atoms with Crippen LogP contribution in [0, 0.1) is 5.92 Å². The second kappa shape index (κ2) is 12.1. The Morgan fingerprint density at radius 3 is 1.79 bits per heavy atom. The normalized spacial score (nSPS) is 20.3. The van der Waals surface area contributed by atoms with Crippen molar-refractivity contribution in [1.82, 2.24) is 5.32 Å². The molecule has 3 aromatic carbocycles. The first kappa shape index (κ1) is 29.1. The van der Waals surface area contributed by atoms with Crippen LogP contribution in [0.1, 0.15) is 66.4 Å². The van der Waals surface area contributed by atoms with Crippen molar-refractivity contribution in [3.05, 3.63) is 96.6 Å². The van der Waals surface area contributed by atoms with Crippen LogP contribution in [0.3, 0.4) is 0 Å². The van der Waals surface area contributed by atoms with Crippen LogP contribution < -0.4 is 15.7 Å². The van der Waals surface area contributed by atoms with Gasteiger partial charge >= 0.3 is 6.09 Å². The van der Waals surface area contributed by atoms with E-state index in [1.807, 2.05) is 20.8 Å². The summed E-state index contributed by atoms with van der Waals surface area (Å²) in [5, 5.41) is 5.68. The number of nitrogens with one attached hydrogen (secondary N) is 1. The number of alkyl carbamates (subject to hydrolysis) is 1. The summed E-state index contributed by atoms with van der Waals surface area (Å²) in [5.41, 5.74) is 0.786. The van der Waals surface area contributed by atoms with Gasteiger partial charge in [0.05, 0.1) is 0 Å². The third-order valence-corrected chi connectivity index (χ3v) is 12.8. The molecule has 0 saturated heterocycles. The quantitative estimate of drug-likeness (QED) is 0.331. The first-order valence-corrected chi connectivity index (χ1v) is 16.2. The van der Waals surface area contributed by atoms with E-state index in [2.05, 4.69) is 117 Å². The zero-order chi connectivity index (χ0) is 28.1. The highest BCUT2D eigenvalue weighted by Gasteiger charge is 2.52. The Labute approximate surface area is 236 Å². The fourth-order valence-corrected chi connectivity index (χ4v) is 10.8. The van der Waals surface area contributed by atoms with E-state index in [1.54, 1.807) is 0 Å². The molecule has 208 valence electrons. The van der Waals surface area contributed by atoms with E-state index in [-0.39, 0.29) is 29.2 Å². The van der Waals surface area contributed by atoms with Gasteiger partial charge in [0, 0.05) is 12.1 Å². The van der Waals surface area contributed by atoms with Gasteiger partial charge in [-0.25, -0.2) is 4.79 Å². The van der Waals surface area contributed by atoms with Crippen LogP contribution in [0.4, 0.5) is 4.79 Å². The average molecular weight is 544 g/mol. The number of rotatable bonds is 7. The number of amides is 1. The maximum Gasteiger partial charge on any atom is 0.407 e. The van der Waals surface area contributed by atoms with Gasteiger partial charge < -0.3 is 14.5 Å². The molecule has 0 aliphatic heterocycles. The van der Waals surface area contributed by atoms with E-state index in [1.165, 1.54) is 15.9 Å². The summed E-state index contributed by atoms with van der Waals surface area (Å²) in [6.07, 6.45) is 3.27. The van der Waals surface area contributed by atoms with Gasteiger partial charge in [-0.3, -0.25) is 0 Å². The predicted octanol–water partition coefficient (Wildman–Crippen LogP) is 6.87. The third-order valence-electron chi connectivity index (χ3n) is 7.72. The first-order chi connectivity index (χ1) is 18.5. The van der Waals surface area contributed by atoms with Crippen LogP contribution in [0.25, 0.3) is 0 Å². The number of carbonyl (C=O) groups excluding carboxylic acids is 1. The van der Waals surface area contributed by atoms with Crippen LogP contribution in [-0.4, -0.2) is 32.2 Å². The van der Waals surface area contributed by atoms with Crippen molar-refractivity contribution in [2.45, 2.75) is 90.0 Å². The van der Waals surface area contributed by atoms with Crippen molar-refractivity contribution in [1.29, 1.82) is 0 Å². The molecule has 0 unspecified atom stereocenters. The van der Waals surface area contributed by atoms with Gasteiger partial charge in [-0.15, -0.1) is 0 Å². The van der Waals surface area contributed by atoms with E-state index in [0.29, 0.717) is 0 Å². The molecule has 5 heteroatoms. The number of benzene rings is 3. The smallest absolute Gasteiger partial charge is 0.407 e. The highest BCUT2D eigenvalue weighted by molar-refractivity contribution is 6.99. The Morgan fingerprint density at radius 1 is 0.795 bits per heavy atom. The molecule has 3 aromatic rings. The van der Waals surface area contributed by atoms with E-state index in [9.17, 15) is 4.79 Å². The molecule has 0 aromatic heterocycles. The summed E-state index contributed by atoms with van der Waals surface area (Å²) < 4.78 is 13.2. The van der Waals surface area contributed by atoms with Gasteiger partial charge in [0.1, 0.15) is 5.60 Å². The van der Waals surface area contributed by atoms with Crippen LogP contribution in [0.15, 0.2) is 91.0 Å². The molecule has 1 fully saturated rings. The minimum absolute atomic E-state index is 0.0626.